The molecule has 0 radical (unpaired) electrons. The predicted octanol–water partition coefficient (Wildman–Crippen LogP) is 13.8. The molecule has 0 saturated carbocycles. The van der Waals surface area contributed by atoms with Gasteiger partial charge in [0.2, 0.25) is 0 Å². The summed E-state index contributed by atoms with van der Waals surface area (Å²) in [6, 6.07) is 34.8. The van der Waals surface area contributed by atoms with Crippen LogP contribution in [-0.4, -0.2) is 15.7 Å². The van der Waals surface area contributed by atoms with Gasteiger partial charge >= 0.3 is 0 Å². The summed E-state index contributed by atoms with van der Waals surface area (Å²) in [7, 11) is 0. The number of allylic oxidation sites excluding steroid dienone is 2. The third kappa shape index (κ3) is 19.7. The van der Waals surface area contributed by atoms with Crippen LogP contribution in [0.4, 0.5) is 11.4 Å². The molecule has 0 saturated heterocycles. The summed E-state index contributed by atoms with van der Waals surface area (Å²) in [6.45, 7) is 24.1. The molecule has 0 aliphatic carbocycles. The van der Waals surface area contributed by atoms with E-state index in [1.807, 2.05) is 54.6 Å². The normalized spacial score (nSPS) is 10.6. The van der Waals surface area contributed by atoms with Gasteiger partial charge in [0.25, 0.3) is 0 Å². The second-order valence-electron chi connectivity index (χ2n) is 13.5. The number of rotatable bonds is 8. The van der Waals surface area contributed by atoms with E-state index in [2.05, 4.69) is 141 Å². The largest absolute Gasteiger partial charge is 2.00 e. The monoisotopic (exact) mass is 938 g/mol. The fourth-order valence-electron chi connectivity index (χ4n) is 5.16. The summed E-state index contributed by atoms with van der Waals surface area (Å²) in [6.07, 6.45) is 9.11. The van der Waals surface area contributed by atoms with E-state index < -0.39 is 0 Å². The molecule has 284 valence electrons. The molecule has 0 aliphatic heterocycles. The van der Waals surface area contributed by atoms with Gasteiger partial charge in [-0.25, -0.2) is 0 Å². The average Bonchev–Trinajstić information content (AvgIpc) is 3.10. The molecule has 7 heteroatoms. The van der Waals surface area contributed by atoms with Crippen molar-refractivity contribution < 1.29 is 42.1 Å². The third-order valence-electron chi connectivity index (χ3n) is 7.75. The molecule has 0 atom stereocenters. The van der Waals surface area contributed by atoms with Crippen LogP contribution in [0.2, 0.25) is 0 Å². The van der Waals surface area contributed by atoms with Gasteiger partial charge in [0.05, 0.1) is 5.69 Å². The maximum atomic E-state index is 5.08. The van der Waals surface area contributed by atoms with E-state index in [0.29, 0.717) is 23.7 Å². The fraction of sp³-hybridized carbons (Fsp3) is 0.326. The quantitative estimate of drug-likeness (QED) is 0.144. The molecule has 2 aromatic heterocycles. The van der Waals surface area contributed by atoms with E-state index in [9.17, 15) is 0 Å². The van der Waals surface area contributed by atoms with Gasteiger partial charge in [-0.05, 0) is 72.9 Å². The Kier molecular flexibility index (Phi) is 27.7. The number of pyridine rings is 2. The molecule has 5 rings (SSSR count). The number of hydrogen-bond acceptors (Lipinski definition) is 3. The van der Waals surface area contributed by atoms with Crippen LogP contribution in [0.3, 0.4) is 0 Å². The van der Waals surface area contributed by atoms with Crippen molar-refractivity contribution in [3.8, 4) is 0 Å². The van der Waals surface area contributed by atoms with Gasteiger partial charge in [-0.2, -0.15) is 5.70 Å². The second kappa shape index (κ2) is 28.6. The minimum Gasteiger partial charge on any atom is -2.00 e. The fourth-order valence-corrected chi connectivity index (χ4v) is 5.16. The van der Waals surface area contributed by atoms with Crippen LogP contribution in [0.15, 0.2) is 145 Å². The number of benzene rings is 3. The number of aromatic nitrogens is 2. The van der Waals surface area contributed by atoms with E-state index in [1.165, 1.54) is 27.8 Å². The van der Waals surface area contributed by atoms with Gasteiger partial charge in [0.1, 0.15) is 0 Å². The Morgan fingerprint density at radius 2 is 0.887 bits per heavy atom. The van der Waals surface area contributed by atoms with Crippen LogP contribution in [0, 0.1) is 38.0 Å². The second-order valence-corrected chi connectivity index (χ2v) is 13.5. The predicted molar refractivity (Wildman–Crippen MR) is 220 cm³/mol. The average molecular weight is 938 g/mol. The van der Waals surface area contributed by atoms with E-state index in [0.717, 1.165) is 22.8 Å². The third-order valence-corrected chi connectivity index (χ3v) is 7.75. The van der Waals surface area contributed by atoms with Crippen LogP contribution in [0.25, 0.3) is 5.32 Å². The first-order valence-electron chi connectivity index (χ1n) is 17.8. The Morgan fingerprint density at radius 3 is 1.17 bits per heavy atom. The van der Waals surface area contributed by atoms with Crippen LogP contribution in [0.1, 0.15) is 121 Å². The molecule has 0 unspecified atom stereocenters. The Labute approximate surface area is 344 Å². The Morgan fingerprint density at radius 1 is 0.528 bits per heavy atom. The zero-order valence-corrected chi connectivity index (χ0v) is 37.8. The van der Waals surface area contributed by atoms with Crippen molar-refractivity contribution in [2.45, 2.75) is 99.8 Å². The van der Waals surface area contributed by atoms with Gasteiger partial charge in [0, 0.05) is 61.6 Å². The minimum absolute atomic E-state index is 0. The molecule has 0 amide bonds. The maximum Gasteiger partial charge on any atom is 0.0701 e. The first kappa shape index (κ1) is 51.2. The molecular formula is C46H59N4O2U-5. The summed E-state index contributed by atoms with van der Waals surface area (Å²) in [5.41, 5.74) is 10.8. The zero-order valence-electron chi connectivity index (χ0n) is 33.6. The first-order chi connectivity index (χ1) is 23.9. The molecule has 6 nitrogen and oxygen atoms in total. The van der Waals surface area contributed by atoms with E-state index in [4.69, 9.17) is 10.3 Å². The molecule has 3 aromatic carbocycles. The van der Waals surface area contributed by atoms with Gasteiger partial charge < -0.3 is 16.3 Å². The van der Waals surface area contributed by atoms with Crippen molar-refractivity contribution in [1.29, 1.82) is 0 Å². The van der Waals surface area contributed by atoms with Crippen LogP contribution in [-0.2, 0) is 11.0 Å². The van der Waals surface area contributed by atoms with Crippen molar-refractivity contribution in [2.24, 2.45) is 4.99 Å². The summed E-state index contributed by atoms with van der Waals surface area (Å²) in [5.74, 6) is 1.75. The molecule has 0 N–H and O–H groups in total. The topological polar surface area (TPSA) is 109 Å². The molecule has 2 heterocycles. The first-order valence-corrected chi connectivity index (χ1v) is 17.8. The molecule has 0 spiro atoms. The summed E-state index contributed by atoms with van der Waals surface area (Å²) < 4.78 is 0. The van der Waals surface area contributed by atoms with Crippen molar-refractivity contribution in [2.75, 3.05) is 0 Å². The number of para-hydroxylation sites is 2. The van der Waals surface area contributed by atoms with Crippen LogP contribution < -0.4 is 0 Å². The van der Waals surface area contributed by atoms with Gasteiger partial charge in [-0.1, -0.05) is 164 Å². The SMILES string of the molecule is CC(/C=C(/C)[N-]c1c(C(C)C)cccc1C(C)C)=Nc1c(C(C)C)cccc1C(C)C.Cc1ccccc1.[O-2].[O-2].[U].c1ccncc1.c1ccncc1. The summed E-state index contributed by atoms with van der Waals surface area (Å²) in [5, 5.41) is 5.08. The summed E-state index contributed by atoms with van der Waals surface area (Å²) in [4.78, 5) is 12.6. The molecule has 0 aliphatic rings. The molecule has 5 aromatic rings. The number of hydrogen-bond donors (Lipinski definition) is 0. The number of nitrogens with zero attached hydrogens (tertiary/aromatic N) is 4. The van der Waals surface area contributed by atoms with Crippen molar-refractivity contribution >= 4 is 17.1 Å². The number of aliphatic imine (C=N–C) groups is 1. The standard InChI is InChI=1S/C29H41N2.C7H8.2C5H5N.2O.U/c1-18(2)24-13-11-14-25(19(3)4)28(24)30-22(9)17-23(10)31-29-26(20(5)6)15-12-16-27(29)21(7)8;1-7-5-3-2-4-6-7;2*1-2-4-6-5-3-1;;;/h11-21H,1-10H3;2-6H,1H3;2*1-5H;;;/q-1;;;;2*-2;/b22-17-,31-23?;;;;;;. The molecule has 0 fully saturated rings. The van der Waals surface area contributed by atoms with Crippen molar-refractivity contribution in [3.63, 3.8) is 0 Å². The molecule has 0 bridgehead atoms. The Balaban J connectivity index is 0. The van der Waals surface area contributed by atoms with Crippen molar-refractivity contribution in [3.05, 3.63) is 173 Å². The Bertz CT molecular complexity index is 1570. The zero-order chi connectivity index (χ0) is 36.9. The van der Waals surface area contributed by atoms with E-state index in [-0.39, 0.29) is 42.1 Å². The van der Waals surface area contributed by atoms with E-state index in [1.54, 1.807) is 24.8 Å². The Hall–Kier alpha value is -3.86. The maximum absolute atomic E-state index is 5.08. The van der Waals surface area contributed by atoms with Crippen LogP contribution in [0.5, 0.6) is 0 Å². The smallest absolute Gasteiger partial charge is 0.0701 e. The van der Waals surface area contributed by atoms with Gasteiger partial charge in [-0.3, -0.25) is 15.0 Å². The minimum atomic E-state index is 0. The summed E-state index contributed by atoms with van der Waals surface area (Å²) >= 11 is 0. The van der Waals surface area contributed by atoms with E-state index >= 15 is 0 Å². The van der Waals surface area contributed by atoms with Gasteiger partial charge in [0.15, 0.2) is 0 Å². The molecular weight excluding hydrogens is 879 g/mol. The molecule has 53 heavy (non-hydrogen) atoms. The van der Waals surface area contributed by atoms with Gasteiger partial charge in [-0.15, -0.1) is 5.69 Å². The number of aryl methyl sites for hydroxylation is 1. The van der Waals surface area contributed by atoms with Crippen molar-refractivity contribution in [1.82, 2.24) is 9.97 Å². The van der Waals surface area contributed by atoms with Crippen LogP contribution >= 0.6 is 0 Å².